The number of hydrogen-bond acceptors (Lipinski definition) is 3. The molecule has 0 aliphatic carbocycles. The molecule has 0 spiro atoms. The first-order valence-corrected chi connectivity index (χ1v) is 9.40. The second-order valence-corrected chi connectivity index (χ2v) is 6.83. The fourth-order valence-electron chi connectivity index (χ4n) is 2.65. The van der Waals surface area contributed by atoms with Crippen molar-refractivity contribution in [3.63, 3.8) is 0 Å². The summed E-state index contributed by atoms with van der Waals surface area (Å²) in [4.78, 5) is 36.4. The van der Waals surface area contributed by atoms with Gasteiger partial charge < -0.3 is 10.6 Å². The summed E-state index contributed by atoms with van der Waals surface area (Å²) in [6, 6.07) is 19.6. The standard InChI is InChI=1S/C22H19ClN4O3/c1-14-5-2-3-8-19(14)21(29)24-17-11-9-15(10-12-17)20(28)26-27-22(30)25-18-7-4-6-16(23)13-18/h2-13H,1H3,(H,24,29)(H,26,28)(H2,25,27,30). The van der Waals surface area contributed by atoms with E-state index >= 15 is 0 Å². The number of rotatable bonds is 4. The van der Waals surface area contributed by atoms with Crippen molar-refractivity contribution in [1.29, 1.82) is 0 Å². The van der Waals surface area contributed by atoms with E-state index in [4.69, 9.17) is 11.6 Å². The molecule has 152 valence electrons. The van der Waals surface area contributed by atoms with Crippen molar-refractivity contribution in [2.45, 2.75) is 6.92 Å². The van der Waals surface area contributed by atoms with Crippen LogP contribution in [0.25, 0.3) is 0 Å². The smallest absolute Gasteiger partial charge is 0.322 e. The van der Waals surface area contributed by atoms with Crippen molar-refractivity contribution in [2.24, 2.45) is 0 Å². The number of anilines is 2. The lowest BCUT2D eigenvalue weighted by molar-refractivity contribution is 0.0937. The number of benzene rings is 3. The first-order valence-electron chi connectivity index (χ1n) is 9.02. The summed E-state index contributed by atoms with van der Waals surface area (Å²) in [5.74, 6) is -0.738. The zero-order valence-corrected chi connectivity index (χ0v) is 16.8. The van der Waals surface area contributed by atoms with Gasteiger partial charge in [0.2, 0.25) is 0 Å². The van der Waals surface area contributed by atoms with Crippen LogP contribution in [0.5, 0.6) is 0 Å². The number of amides is 4. The van der Waals surface area contributed by atoms with Crippen LogP contribution in [-0.4, -0.2) is 17.8 Å². The Morgan fingerprint density at radius 2 is 1.47 bits per heavy atom. The third kappa shape index (κ3) is 5.59. The van der Waals surface area contributed by atoms with Crippen molar-refractivity contribution in [3.05, 3.63) is 94.5 Å². The molecular weight excluding hydrogens is 404 g/mol. The van der Waals surface area contributed by atoms with Gasteiger partial charge in [0.25, 0.3) is 11.8 Å². The van der Waals surface area contributed by atoms with Crippen LogP contribution in [0.2, 0.25) is 5.02 Å². The van der Waals surface area contributed by atoms with Crippen molar-refractivity contribution >= 4 is 40.8 Å². The van der Waals surface area contributed by atoms with Crippen molar-refractivity contribution in [2.75, 3.05) is 10.6 Å². The molecule has 3 rings (SSSR count). The van der Waals surface area contributed by atoms with Gasteiger partial charge in [-0.25, -0.2) is 10.2 Å². The van der Waals surface area contributed by atoms with Crippen LogP contribution in [0.4, 0.5) is 16.2 Å². The summed E-state index contributed by atoms with van der Waals surface area (Å²) in [5, 5.41) is 5.81. The highest BCUT2D eigenvalue weighted by atomic mass is 35.5. The Hall–Kier alpha value is -3.84. The largest absolute Gasteiger partial charge is 0.337 e. The molecule has 0 aliphatic heterocycles. The lowest BCUT2D eigenvalue weighted by Gasteiger charge is -2.10. The van der Waals surface area contributed by atoms with E-state index in [0.29, 0.717) is 27.5 Å². The predicted molar refractivity (Wildman–Crippen MR) is 117 cm³/mol. The van der Waals surface area contributed by atoms with E-state index in [9.17, 15) is 14.4 Å². The summed E-state index contributed by atoms with van der Waals surface area (Å²) in [5.41, 5.74) is 7.36. The molecule has 8 heteroatoms. The van der Waals surface area contributed by atoms with E-state index in [-0.39, 0.29) is 5.91 Å². The fraction of sp³-hybridized carbons (Fsp3) is 0.0455. The van der Waals surface area contributed by atoms with Gasteiger partial charge in [0.05, 0.1) is 0 Å². The van der Waals surface area contributed by atoms with Crippen LogP contribution < -0.4 is 21.5 Å². The maximum absolute atomic E-state index is 12.3. The lowest BCUT2D eigenvalue weighted by atomic mass is 10.1. The van der Waals surface area contributed by atoms with Gasteiger partial charge in [0, 0.05) is 27.5 Å². The topological polar surface area (TPSA) is 99.3 Å². The van der Waals surface area contributed by atoms with E-state index in [2.05, 4.69) is 21.5 Å². The van der Waals surface area contributed by atoms with E-state index in [1.165, 1.54) is 0 Å². The van der Waals surface area contributed by atoms with E-state index < -0.39 is 11.9 Å². The average Bonchev–Trinajstić information content (AvgIpc) is 2.73. The molecule has 3 aromatic rings. The minimum atomic E-state index is -0.618. The quantitative estimate of drug-likeness (QED) is 0.470. The number of aryl methyl sites for hydroxylation is 1. The molecule has 0 aromatic heterocycles. The Kier molecular flexibility index (Phi) is 6.67. The number of carbonyl (C=O) groups excluding carboxylic acids is 3. The molecule has 0 fully saturated rings. The number of nitrogens with one attached hydrogen (secondary N) is 4. The molecule has 0 saturated heterocycles. The van der Waals surface area contributed by atoms with Gasteiger partial charge in [0.15, 0.2) is 0 Å². The molecule has 30 heavy (non-hydrogen) atoms. The van der Waals surface area contributed by atoms with Crippen LogP contribution in [-0.2, 0) is 0 Å². The minimum absolute atomic E-state index is 0.232. The molecule has 0 radical (unpaired) electrons. The average molecular weight is 423 g/mol. The summed E-state index contributed by atoms with van der Waals surface area (Å²) < 4.78 is 0. The lowest BCUT2D eigenvalue weighted by Crippen LogP contribution is -2.43. The normalized spacial score (nSPS) is 10.1. The van der Waals surface area contributed by atoms with Crippen LogP contribution >= 0.6 is 11.6 Å². The van der Waals surface area contributed by atoms with Crippen LogP contribution in [0, 0.1) is 6.92 Å². The minimum Gasteiger partial charge on any atom is -0.322 e. The summed E-state index contributed by atoms with van der Waals surface area (Å²) in [6.07, 6.45) is 0. The van der Waals surface area contributed by atoms with E-state index in [0.717, 1.165) is 5.56 Å². The number of hydrazine groups is 1. The summed E-state index contributed by atoms with van der Waals surface area (Å²) in [6.45, 7) is 1.86. The van der Waals surface area contributed by atoms with Gasteiger partial charge in [-0.15, -0.1) is 0 Å². The maximum atomic E-state index is 12.3. The van der Waals surface area contributed by atoms with Gasteiger partial charge in [-0.3, -0.25) is 15.0 Å². The monoisotopic (exact) mass is 422 g/mol. The Morgan fingerprint density at radius 3 is 2.17 bits per heavy atom. The molecule has 0 aliphatic rings. The Balaban J connectivity index is 1.53. The highest BCUT2D eigenvalue weighted by molar-refractivity contribution is 6.30. The molecule has 7 nitrogen and oxygen atoms in total. The second kappa shape index (κ2) is 9.58. The number of urea groups is 1. The van der Waals surface area contributed by atoms with Gasteiger partial charge in [-0.2, -0.15) is 0 Å². The molecule has 0 unspecified atom stereocenters. The van der Waals surface area contributed by atoms with Gasteiger partial charge in [-0.1, -0.05) is 35.9 Å². The first-order chi connectivity index (χ1) is 14.4. The maximum Gasteiger partial charge on any atom is 0.337 e. The summed E-state index contributed by atoms with van der Waals surface area (Å²) >= 11 is 5.85. The number of carbonyl (C=O) groups is 3. The molecule has 0 bridgehead atoms. The highest BCUT2D eigenvalue weighted by Crippen LogP contribution is 2.15. The summed E-state index contributed by atoms with van der Waals surface area (Å²) in [7, 11) is 0. The fourth-order valence-corrected chi connectivity index (χ4v) is 2.84. The molecular formula is C22H19ClN4O3. The number of halogens is 1. The molecule has 4 amide bonds. The van der Waals surface area contributed by atoms with Crippen LogP contribution in [0.1, 0.15) is 26.3 Å². The molecule has 4 N–H and O–H groups in total. The highest BCUT2D eigenvalue weighted by Gasteiger charge is 2.10. The first kappa shape index (κ1) is 20.9. The van der Waals surface area contributed by atoms with Crippen LogP contribution in [0.3, 0.4) is 0 Å². The van der Waals surface area contributed by atoms with Gasteiger partial charge in [0.1, 0.15) is 0 Å². The molecule has 3 aromatic carbocycles. The second-order valence-electron chi connectivity index (χ2n) is 6.39. The zero-order valence-electron chi connectivity index (χ0n) is 16.0. The van der Waals surface area contributed by atoms with Crippen molar-refractivity contribution < 1.29 is 14.4 Å². The van der Waals surface area contributed by atoms with Gasteiger partial charge in [-0.05, 0) is 61.0 Å². The van der Waals surface area contributed by atoms with Gasteiger partial charge >= 0.3 is 6.03 Å². The Morgan fingerprint density at radius 1 is 0.733 bits per heavy atom. The van der Waals surface area contributed by atoms with Crippen LogP contribution in [0.15, 0.2) is 72.8 Å². The molecule has 0 heterocycles. The number of hydrogen-bond donors (Lipinski definition) is 4. The Bertz CT molecular complexity index is 1080. The van der Waals surface area contributed by atoms with Crippen molar-refractivity contribution in [1.82, 2.24) is 10.9 Å². The third-order valence-corrected chi connectivity index (χ3v) is 4.40. The SMILES string of the molecule is Cc1ccccc1C(=O)Nc1ccc(C(=O)NNC(=O)Nc2cccc(Cl)c2)cc1. The van der Waals surface area contributed by atoms with E-state index in [1.54, 1.807) is 60.7 Å². The Labute approximate surface area is 178 Å². The third-order valence-electron chi connectivity index (χ3n) is 4.17. The van der Waals surface area contributed by atoms with Crippen molar-refractivity contribution in [3.8, 4) is 0 Å². The van der Waals surface area contributed by atoms with E-state index in [1.807, 2.05) is 19.1 Å². The molecule has 0 saturated carbocycles. The predicted octanol–water partition coefficient (Wildman–Crippen LogP) is 4.37. The zero-order chi connectivity index (χ0) is 21.5. The molecule has 0 atom stereocenters.